The maximum atomic E-state index is 12.5. The first-order chi connectivity index (χ1) is 13.5. The van der Waals surface area contributed by atoms with Gasteiger partial charge in [0.2, 0.25) is 0 Å². The van der Waals surface area contributed by atoms with Crippen LogP contribution in [0.4, 0.5) is 11.4 Å². The molecule has 2 aromatic carbocycles. The standard InChI is InChI=1S/C18H19N3O6S/c1-25-9-10-27-16-6-4-3-5-13(16)17(22)20-18(28)19-14-8-7-12(26-2)11-15(14)21(23)24/h3-8,11H,9-10H2,1-2H3,(H2,19,20,22,28). The van der Waals surface area contributed by atoms with Crippen LogP contribution in [-0.4, -0.2) is 43.4 Å². The Morgan fingerprint density at radius 2 is 1.93 bits per heavy atom. The first kappa shape index (κ1) is 21.1. The Balaban J connectivity index is 2.10. The number of carbonyl (C=O) groups is 1. The predicted octanol–water partition coefficient (Wildman–Crippen LogP) is 2.76. The average molecular weight is 405 g/mol. The molecule has 0 saturated carbocycles. The number of amides is 1. The van der Waals surface area contributed by atoms with Crippen molar-refractivity contribution in [2.45, 2.75) is 0 Å². The van der Waals surface area contributed by atoms with Gasteiger partial charge in [-0.1, -0.05) is 12.1 Å². The molecule has 10 heteroatoms. The second kappa shape index (κ2) is 10.2. The van der Waals surface area contributed by atoms with Crippen LogP contribution >= 0.6 is 12.2 Å². The third-order valence-corrected chi connectivity index (χ3v) is 3.76. The molecule has 2 aromatic rings. The molecule has 0 aliphatic rings. The van der Waals surface area contributed by atoms with Crippen LogP contribution in [0.25, 0.3) is 0 Å². The molecule has 0 radical (unpaired) electrons. The number of rotatable bonds is 8. The number of nitro groups is 1. The third-order valence-electron chi connectivity index (χ3n) is 3.55. The SMILES string of the molecule is COCCOc1ccccc1C(=O)NC(=S)Nc1ccc(OC)cc1[N+](=O)[O-]. The molecule has 0 heterocycles. The number of nitrogens with one attached hydrogen (secondary N) is 2. The molecule has 0 fully saturated rings. The minimum absolute atomic E-state index is 0.0926. The fourth-order valence-electron chi connectivity index (χ4n) is 2.23. The second-order valence-corrected chi connectivity index (χ2v) is 5.79. The van der Waals surface area contributed by atoms with Crippen molar-refractivity contribution >= 4 is 34.6 Å². The van der Waals surface area contributed by atoms with Gasteiger partial charge in [0.05, 0.1) is 30.3 Å². The van der Waals surface area contributed by atoms with Gasteiger partial charge in [-0.05, 0) is 36.5 Å². The number of carbonyl (C=O) groups excluding carboxylic acids is 1. The molecule has 148 valence electrons. The van der Waals surface area contributed by atoms with E-state index in [2.05, 4.69) is 10.6 Å². The number of ether oxygens (including phenoxy) is 3. The van der Waals surface area contributed by atoms with Crippen LogP contribution < -0.4 is 20.1 Å². The van der Waals surface area contributed by atoms with Gasteiger partial charge in [0.1, 0.15) is 23.8 Å². The molecular weight excluding hydrogens is 386 g/mol. The molecule has 9 nitrogen and oxygen atoms in total. The van der Waals surface area contributed by atoms with Crippen LogP contribution in [0.15, 0.2) is 42.5 Å². The Morgan fingerprint density at radius 3 is 2.61 bits per heavy atom. The van der Waals surface area contributed by atoms with Gasteiger partial charge in [0.25, 0.3) is 11.6 Å². The highest BCUT2D eigenvalue weighted by atomic mass is 32.1. The fraction of sp³-hybridized carbons (Fsp3) is 0.222. The summed E-state index contributed by atoms with van der Waals surface area (Å²) in [4.78, 5) is 23.2. The molecule has 0 spiro atoms. The van der Waals surface area contributed by atoms with Crippen molar-refractivity contribution in [1.29, 1.82) is 0 Å². The van der Waals surface area contributed by atoms with Crippen LogP contribution in [0.2, 0.25) is 0 Å². The number of nitro benzene ring substituents is 1. The van der Waals surface area contributed by atoms with Crippen LogP contribution in [0, 0.1) is 10.1 Å². The van der Waals surface area contributed by atoms with Crippen molar-refractivity contribution in [2.24, 2.45) is 0 Å². The van der Waals surface area contributed by atoms with Crippen molar-refractivity contribution in [3.63, 3.8) is 0 Å². The lowest BCUT2D eigenvalue weighted by Crippen LogP contribution is -2.34. The molecule has 0 aliphatic carbocycles. The number of anilines is 1. The molecule has 0 aliphatic heterocycles. The zero-order valence-electron chi connectivity index (χ0n) is 15.3. The highest BCUT2D eigenvalue weighted by Gasteiger charge is 2.18. The molecule has 2 N–H and O–H groups in total. The summed E-state index contributed by atoms with van der Waals surface area (Å²) >= 11 is 5.11. The quantitative estimate of drug-likeness (QED) is 0.298. The van der Waals surface area contributed by atoms with Gasteiger partial charge in [-0.15, -0.1) is 0 Å². The molecule has 1 amide bonds. The number of methoxy groups -OCH3 is 2. The van der Waals surface area contributed by atoms with Gasteiger partial charge in [0.15, 0.2) is 5.11 Å². The molecule has 0 atom stereocenters. The Kier molecular flexibility index (Phi) is 7.66. The summed E-state index contributed by atoms with van der Waals surface area (Å²) < 4.78 is 15.4. The fourth-order valence-corrected chi connectivity index (χ4v) is 2.44. The summed E-state index contributed by atoms with van der Waals surface area (Å²) in [5, 5.41) is 16.3. The normalized spacial score (nSPS) is 10.1. The number of para-hydroxylation sites is 1. The highest BCUT2D eigenvalue weighted by molar-refractivity contribution is 7.80. The van der Waals surface area contributed by atoms with Gasteiger partial charge in [-0.25, -0.2) is 0 Å². The van der Waals surface area contributed by atoms with Gasteiger partial charge < -0.3 is 19.5 Å². The zero-order chi connectivity index (χ0) is 20.5. The van der Waals surface area contributed by atoms with E-state index in [1.807, 2.05) is 0 Å². The van der Waals surface area contributed by atoms with Gasteiger partial charge in [-0.3, -0.25) is 20.2 Å². The van der Waals surface area contributed by atoms with Gasteiger partial charge in [0, 0.05) is 7.11 Å². The molecule has 0 unspecified atom stereocenters. The molecule has 0 bridgehead atoms. The van der Waals surface area contributed by atoms with Crippen LogP contribution in [-0.2, 0) is 4.74 Å². The summed E-state index contributed by atoms with van der Waals surface area (Å²) in [7, 11) is 2.95. The van der Waals surface area contributed by atoms with Crippen LogP contribution in [0.3, 0.4) is 0 Å². The number of benzene rings is 2. The monoisotopic (exact) mass is 405 g/mol. The lowest BCUT2D eigenvalue weighted by Gasteiger charge is -2.13. The van der Waals surface area contributed by atoms with Crippen molar-refractivity contribution in [3.05, 3.63) is 58.1 Å². The van der Waals surface area contributed by atoms with E-state index in [-0.39, 0.29) is 28.7 Å². The molecular formula is C18H19N3O6S. The molecule has 28 heavy (non-hydrogen) atoms. The Labute approximate surface area is 166 Å². The summed E-state index contributed by atoms with van der Waals surface area (Å²) in [6.07, 6.45) is 0. The van der Waals surface area contributed by atoms with E-state index in [4.69, 9.17) is 26.4 Å². The minimum Gasteiger partial charge on any atom is -0.496 e. The second-order valence-electron chi connectivity index (χ2n) is 5.39. The molecule has 2 rings (SSSR count). The van der Waals surface area contributed by atoms with E-state index in [1.165, 1.54) is 19.2 Å². The van der Waals surface area contributed by atoms with E-state index in [9.17, 15) is 14.9 Å². The van der Waals surface area contributed by atoms with Gasteiger partial charge in [-0.2, -0.15) is 0 Å². The first-order valence-electron chi connectivity index (χ1n) is 8.11. The largest absolute Gasteiger partial charge is 0.496 e. The van der Waals surface area contributed by atoms with Gasteiger partial charge >= 0.3 is 0 Å². The van der Waals surface area contributed by atoms with Crippen molar-refractivity contribution in [1.82, 2.24) is 5.32 Å². The summed E-state index contributed by atoms with van der Waals surface area (Å²) in [5.41, 5.74) is 0.159. The molecule has 0 aromatic heterocycles. The Morgan fingerprint density at radius 1 is 1.18 bits per heavy atom. The lowest BCUT2D eigenvalue weighted by atomic mass is 10.2. The first-order valence-corrected chi connectivity index (χ1v) is 8.52. The van der Waals surface area contributed by atoms with Crippen molar-refractivity contribution < 1.29 is 23.9 Å². The summed E-state index contributed by atoms with van der Waals surface area (Å²) in [6.45, 7) is 0.651. The summed E-state index contributed by atoms with van der Waals surface area (Å²) in [6, 6.07) is 10.9. The van der Waals surface area contributed by atoms with Crippen molar-refractivity contribution in [2.75, 3.05) is 32.8 Å². The van der Waals surface area contributed by atoms with E-state index >= 15 is 0 Å². The summed E-state index contributed by atoms with van der Waals surface area (Å²) in [5.74, 6) is 0.186. The maximum absolute atomic E-state index is 12.5. The van der Waals surface area contributed by atoms with Crippen molar-refractivity contribution in [3.8, 4) is 11.5 Å². The minimum atomic E-state index is -0.575. The maximum Gasteiger partial charge on any atom is 0.296 e. The number of hydrogen-bond donors (Lipinski definition) is 2. The predicted molar refractivity (Wildman–Crippen MR) is 107 cm³/mol. The van der Waals surface area contributed by atoms with E-state index < -0.39 is 10.8 Å². The van der Waals surface area contributed by atoms with E-state index in [0.29, 0.717) is 18.1 Å². The van der Waals surface area contributed by atoms with Crippen LogP contribution in [0.1, 0.15) is 10.4 Å². The zero-order valence-corrected chi connectivity index (χ0v) is 16.1. The Hall–Kier alpha value is -3.24. The smallest absolute Gasteiger partial charge is 0.296 e. The lowest BCUT2D eigenvalue weighted by molar-refractivity contribution is -0.384. The van der Waals surface area contributed by atoms with Crippen LogP contribution in [0.5, 0.6) is 11.5 Å². The number of hydrogen-bond acceptors (Lipinski definition) is 7. The highest BCUT2D eigenvalue weighted by Crippen LogP contribution is 2.29. The topological polar surface area (TPSA) is 112 Å². The van der Waals surface area contributed by atoms with E-state index in [0.717, 1.165) is 0 Å². The molecule has 0 saturated heterocycles. The number of thiocarbonyl (C=S) groups is 1. The third kappa shape index (κ3) is 5.63. The van der Waals surface area contributed by atoms with E-state index in [1.54, 1.807) is 37.4 Å². The Bertz CT molecular complexity index is 874. The average Bonchev–Trinajstić information content (AvgIpc) is 2.68. The number of nitrogens with zero attached hydrogens (tertiary/aromatic N) is 1.